The van der Waals surface area contributed by atoms with Gasteiger partial charge in [0.2, 0.25) is 0 Å². The third kappa shape index (κ3) is 4.70. The largest absolute Gasteiger partial charge is 0.481 e. The normalized spacial score (nSPS) is 12.7. The number of benzene rings is 1. The molecule has 0 aromatic heterocycles. The Morgan fingerprint density at radius 3 is 2.23 bits per heavy atom. The van der Waals surface area contributed by atoms with Crippen molar-refractivity contribution in [1.82, 2.24) is 0 Å². The molecule has 0 aliphatic rings. The molecule has 0 heterocycles. The molecule has 0 spiro atoms. The van der Waals surface area contributed by atoms with Gasteiger partial charge < -0.3 is 21.3 Å². The van der Waals surface area contributed by atoms with Gasteiger partial charge in [-0.2, -0.15) is 0 Å². The number of carbonyl (C=O) groups excluding carboxylic acids is 1. The summed E-state index contributed by atoms with van der Waals surface area (Å²) >= 11 is 0. The van der Waals surface area contributed by atoms with Gasteiger partial charge in [0.15, 0.2) is 11.3 Å². The summed E-state index contributed by atoms with van der Waals surface area (Å²) in [6.07, 6.45) is -1.35. The number of ketones is 1. The minimum absolute atomic E-state index is 0.264. The number of Topliss-reactive ketones (excluding diaryl/α,β-unsaturated/α-hetero) is 1. The first-order valence-electron chi connectivity index (χ1n) is 6.93. The number of nitrogens with zero attached hydrogens (tertiary/aromatic N) is 2. The summed E-state index contributed by atoms with van der Waals surface area (Å²) in [5, 5.41) is 41.7. The predicted molar refractivity (Wildman–Crippen MR) is 84.7 cm³/mol. The van der Waals surface area contributed by atoms with Crippen LogP contribution in [0.4, 0.5) is 17.1 Å². The lowest BCUT2D eigenvalue weighted by Crippen LogP contribution is -2.57. The van der Waals surface area contributed by atoms with Gasteiger partial charge in [0.25, 0.3) is 11.4 Å². The van der Waals surface area contributed by atoms with Gasteiger partial charge in [-0.05, 0) is 12.5 Å². The first-order chi connectivity index (χ1) is 12.0. The molecule has 0 aliphatic carbocycles. The van der Waals surface area contributed by atoms with Gasteiger partial charge in [0, 0.05) is 12.5 Å². The van der Waals surface area contributed by atoms with E-state index >= 15 is 0 Å². The van der Waals surface area contributed by atoms with Crippen molar-refractivity contribution in [2.24, 2.45) is 5.73 Å². The number of nitrogens with one attached hydrogen (secondary N) is 1. The van der Waals surface area contributed by atoms with Gasteiger partial charge >= 0.3 is 11.9 Å². The molecule has 1 rings (SSSR count). The van der Waals surface area contributed by atoms with E-state index in [2.05, 4.69) is 5.32 Å². The van der Waals surface area contributed by atoms with Crippen LogP contribution < -0.4 is 11.1 Å². The number of hydrogen-bond donors (Lipinski definition) is 4. The number of anilines is 1. The molecule has 0 bridgehead atoms. The Labute approximate surface area is 144 Å². The molecule has 5 N–H and O–H groups in total. The molecule has 26 heavy (non-hydrogen) atoms. The molecule has 0 saturated heterocycles. The van der Waals surface area contributed by atoms with Crippen molar-refractivity contribution in [3.63, 3.8) is 0 Å². The summed E-state index contributed by atoms with van der Waals surface area (Å²) in [5.41, 5.74) is 1.47. The molecule has 13 heteroatoms. The Kier molecular flexibility index (Phi) is 6.27. The molecule has 0 amide bonds. The molecule has 1 atom stereocenters. The second-order valence-electron chi connectivity index (χ2n) is 5.16. The number of rotatable bonds is 10. The zero-order valence-corrected chi connectivity index (χ0v) is 13.1. The molecular formula is C13H14N4O9. The van der Waals surface area contributed by atoms with Crippen molar-refractivity contribution >= 4 is 34.8 Å². The number of carboxylic acid groups (broad SMARTS) is 2. The van der Waals surface area contributed by atoms with Crippen LogP contribution in [0.25, 0.3) is 0 Å². The minimum Gasteiger partial charge on any atom is -0.481 e. The smallest absolute Gasteiger partial charge is 0.331 e. The van der Waals surface area contributed by atoms with Crippen LogP contribution in [0, 0.1) is 20.2 Å². The Morgan fingerprint density at radius 1 is 1.15 bits per heavy atom. The zero-order chi connectivity index (χ0) is 20.1. The maximum absolute atomic E-state index is 12.1. The number of hydrogen-bond acceptors (Lipinski definition) is 9. The van der Waals surface area contributed by atoms with Crippen LogP contribution in [-0.4, -0.2) is 49.9 Å². The highest BCUT2D eigenvalue weighted by Gasteiger charge is 2.41. The summed E-state index contributed by atoms with van der Waals surface area (Å²) in [5.74, 6) is -4.21. The van der Waals surface area contributed by atoms with Gasteiger partial charge in [0.1, 0.15) is 5.69 Å². The third-order valence-electron chi connectivity index (χ3n) is 3.44. The number of carboxylic acids is 2. The fourth-order valence-electron chi connectivity index (χ4n) is 1.94. The molecule has 1 aromatic rings. The van der Waals surface area contributed by atoms with Crippen LogP contribution in [0.1, 0.15) is 12.8 Å². The number of nitro groups is 2. The van der Waals surface area contributed by atoms with Gasteiger partial charge in [-0.3, -0.25) is 29.8 Å². The van der Waals surface area contributed by atoms with Crippen LogP contribution in [0.5, 0.6) is 0 Å². The van der Waals surface area contributed by atoms with Crippen molar-refractivity contribution in [1.29, 1.82) is 0 Å². The standard InChI is InChI=1S/C13H14N4O9/c14-13(12(21)22,4-3-11(19)20)10(18)6-15-8-2-1-7(16(23)24)5-9(8)17(25)26/h1-2,5,15H,3-4,6,14H2,(H,19,20)(H,21,22)/t13-/m1/s1. The van der Waals surface area contributed by atoms with E-state index in [0.717, 1.165) is 12.1 Å². The molecule has 0 fully saturated rings. The van der Waals surface area contributed by atoms with E-state index in [4.69, 9.17) is 15.9 Å². The van der Waals surface area contributed by atoms with Crippen LogP contribution in [0.2, 0.25) is 0 Å². The van der Waals surface area contributed by atoms with Gasteiger partial charge in [0.05, 0.1) is 22.5 Å². The van der Waals surface area contributed by atoms with Gasteiger partial charge in [-0.1, -0.05) is 0 Å². The third-order valence-corrected chi connectivity index (χ3v) is 3.44. The topological polar surface area (TPSA) is 216 Å². The molecule has 0 unspecified atom stereocenters. The van der Waals surface area contributed by atoms with Crippen LogP contribution >= 0.6 is 0 Å². The summed E-state index contributed by atoms with van der Waals surface area (Å²) in [4.78, 5) is 53.8. The lowest BCUT2D eigenvalue weighted by Gasteiger charge is -2.22. The quantitative estimate of drug-likeness (QED) is 0.246. The lowest BCUT2D eigenvalue weighted by molar-refractivity contribution is -0.393. The second-order valence-corrected chi connectivity index (χ2v) is 5.16. The summed E-state index contributed by atoms with van der Waals surface area (Å²) in [6, 6.07) is 2.61. The molecule has 0 saturated carbocycles. The monoisotopic (exact) mass is 370 g/mol. The molecule has 13 nitrogen and oxygen atoms in total. The van der Waals surface area contributed by atoms with Crippen LogP contribution in [0.3, 0.4) is 0 Å². The average molecular weight is 370 g/mol. The Morgan fingerprint density at radius 2 is 1.77 bits per heavy atom. The molecule has 0 aliphatic heterocycles. The van der Waals surface area contributed by atoms with E-state index in [1.54, 1.807) is 0 Å². The van der Waals surface area contributed by atoms with Gasteiger partial charge in [-0.25, -0.2) is 4.79 Å². The number of aliphatic carboxylic acids is 2. The number of nitrogens with two attached hydrogens (primary N) is 1. The Balaban J connectivity index is 3.01. The summed E-state index contributed by atoms with van der Waals surface area (Å²) in [6.45, 7) is -0.763. The van der Waals surface area contributed by atoms with Crippen molar-refractivity contribution in [3.05, 3.63) is 38.4 Å². The van der Waals surface area contributed by atoms with Crippen molar-refractivity contribution in [2.75, 3.05) is 11.9 Å². The van der Waals surface area contributed by atoms with E-state index in [1.165, 1.54) is 0 Å². The van der Waals surface area contributed by atoms with E-state index in [0.29, 0.717) is 6.07 Å². The van der Waals surface area contributed by atoms with E-state index in [1.807, 2.05) is 0 Å². The second kappa shape index (κ2) is 7.98. The molecule has 140 valence electrons. The van der Waals surface area contributed by atoms with Gasteiger partial charge in [-0.15, -0.1) is 0 Å². The fraction of sp³-hybridized carbons (Fsp3) is 0.308. The summed E-state index contributed by atoms with van der Waals surface area (Å²) in [7, 11) is 0. The first-order valence-corrected chi connectivity index (χ1v) is 6.93. The summed E-state index contributed by atoms with van der Waals surface area (Å²) < 4.78 is 0. The van der Waals surface area contributed by atoms with Crippen LogP contribution in [-0.2, 0) is 14.4 Å². The molecular weight excluding hydrogens is 356 g/mol. The Bertz CT molecular complexity index is 779. The highest BCUT2D eigenvalue weighted by Crippen LogP contribution is 2.29. The van der Waals surface area contributed by atoms with E-state index in [-0.39, 0.29) is 5.69 Å². The Hall–Kier alpha value is -3.61. The lowest BCUT2D eigenvalue weighted by atomic mass is 9.89. The number of non-ortho nitro benzene ring substituents is 1. The number of nitro benzene ring substituents is 2. The minimum atomic E-state index is -2.50. The first kappa shape index (κ1) is 20.4. The SMILES string of the molecule is N[C@@](CCC(=O)O)(C(=O)O)C(=O)CNc1ccc([N+](=O)[O-])cc1[N+](=O)[O-]. The number of carbonyl (C=O) groups is 3. The van der Waals surface area contributed by atoms with Crippen molar-refractivity contribution in [2.45, 2.75) is 18.4 Å². The zero-order valence-electron chi connectivity index (χ0n) is 13.1. The molecule has 0 radical (unpaired) electrons. The van der Waals surface area contributed by atoms with E-state index in [9.17, 15) is 34.6 Å². The fourth-order valence-corrected chi connectivity index (χ4v) is 1.94. The van der Waals surface area contributed by atoms with Crippen molar-refractivity contribution in [3.8, 4) is 0 Å². The highest BCUT2D eigenvalue weighted by molar-refractivity contribution is 6.09. The molecule has 1 aromatic carbocycles. The highest BCUT2D eigenvalue weighted by atomic mass is 16.6. The van der Waals surface area contributed by atoms with Crippen molar-refractivity contribution < 1.29 is 34.4 Å². The maximum atomic E-state index is 12.1. The maximum Gasteiger partial charge on any atom is 0.331 e. The van der Waals surface area contributed by atoms with E-state index < -0.39 is 63.9 Å². The predicted octanol–water partition coefficient (Wildman–Crippen LogP) is 0.131. The average Bonchev–Trinajstić information content (AvgIpc) is 2.56. The van der Waals surface area contributed by atoms with Crippen LogP contribution in [0.15, 0.2) is 18.2 Å².